The molecule has 2 aromatic carbocycles. The van der Waals surface area contributed by atoms with Crippen molar-refractivity contribution >= 4 is 11.8 Å². The maximum Gasteiger partial charge on any atom is 0.261 e. The molecule has 1 atom stereocenters. The number of carbonyl (C=O) groups excluding carboxylic acids is 2. The van der Waals surface area contributed by atoms with Crippen LogP contribution in [0, 0.1) is 20.8 Å². The van der Waals surface area contributed by atoms with Gasteiger partial charge in [-0.1, -0.05) is 48.9 Å². The van der Waals surface area contributed by atoms with E-state index in [4.69, 9.17) is 4.74 Å². The van der Waals surface area contributed by atoms with E-state index in [0.29, 0.717) is 18.7 Å². The number of rotatable bonds is 8. The number of nitrogens with one attached hydrogen (secondary N) is 1. The SMILES string of the molecule is CC[C@@H](C(=O)NC(C)(C)C)N(Cc1cccc(C)c1)C(=O)COc1cccc(C)c1C. The van der Waals surface area contributed by atoms with Gasteiger partial charge in [0.2, 0.25) is 5.91 Å². The molecule has 0 aliphatic carbocycles. The maximum absolute atomic E-state index is 13.3. The molecule has 0 unspecified atom stereocenters. The Bertz CT molecular complexity index is 915. The molecule has 0 saturated carbocycles. The Morgan fingerprint density at radius 1 is 1.06 bits per heavy atom. The van der Waals surface area contributed by atoms with Gasteiger partial charge in [0, 0.05) is 12.1 Å². The number of hydrogen-bond acceptors (Lipinski definition) is 3. The van der Waals surface area contributed by atoms with Crippen molar-refractivity contribution in [1.29, 1.82) is 0 Å². The zero-order valence-corrected chi connectivity index (χ0v) is 19.9. The second kappa shape index (κ2) is 10.5. The first-order valence-corrected chi connectivity index (χ1v) is 10.9. The molecular formula is C26H36N2O3. The van der Waals surface area contributed by atoms with E-state index in [-0.39, 0.29) is 24.0 Å². The number of benzene rings is 2. The minimum Gasteiger partial charge on any atom is -0.483 e. The highest BCUT2D eigenvalue weighted by Crippen LogP contribution is 2.21. The Labute approximate surface area is 186 Å². The average Bonchev–Trinajstić information content (AvgIpc) is 2.67. The van der Waals surface area contributed by atoms with Gasteiger partial charge in [-0.3, -0.25) is 9.59 Å². The summed E-state index contributed by atoms with van der Waals surface area (Å²) in [5, 5.41) is 3.02. The normalized spacial score (nSPS) is 12.2. The first kappa shape index (κ1) is 24.4. The minimum atomic E-state index is -0.575. The fourth-order valence-corrected chi connectivity index (χ4v) is 3.48. The smallest absolute Gasteiger partial charge is 0.261 e. The van der Waals surface area contributed by atoms with Crippen LogP contribution in [0.2, 0.25) is 0 Å². The second-order valence-electron chi connectivity index (χ2n) is 9.16. The van der Waals surface area contributed by atoms with Crippen LogP contribution in [0.15, 0.2) is 42.5 Å². The first-order chi connectivity index (χ1) is 14.5. The molecular weight excluding hydrogens is 388 g/mol. The van der Waals surface area contributed by atoms with Crippen LogP contribution in [0.3, 0.4) is 0 Å². The largest absolute Gasteiger partial charge is 0.483 e. The van der Waals surface area contributed by atoms with Gasteiger partial charge in [0.15, 0.2) is 6.61 Å². The molecule has 31 heavy (non-hydrogen) atoms. The van der Waals surface area contributed by atoms with Crippen LogP contribution >= 0.6 is 0 Å². The molecule has 0 aliphatic heterocycles. The second-order valence-corrected chi connectivity index (χ2v) is 9.16. The van der Waals surface area contributed by atoms with Crippen LogP contribution in [0.1, 0.15) is 56.4 Å². The van der Waals surface area contributed by atoms with Gasteiger partial charge in [0.25, 0.3) is 5.91 Å². The van der Waals surface area contributed by atoms with E-state index in [1.165, 1.54) is 0 Å². The van der Waals surface area contributed by atoms with E-state index in [0.717, 1.165) is 22.3 Å². The lowest BCUT2D eigenvalue weighted by Gasteiger charge is -2.33. The Kier molecular flexibility index (Phi) is 8.26. The highest BCUT2D eigenvalue weighted by molar-refractivity contribution is 5.88. The Morgan fingerprint density at radius 2 is 1.74 bits per heavy atom. The summed E-state index contributed by atoms with van der Waals surface area (Å²) in [5.41, 5.74) is 3.85. The topological polar surface area (TPSA) is 58.6 Å². The molecule has 0 aliphatic rings. The van der Waals surface area contributed by atoms with E-state index >= 15 is 0 Å². The van der Waals surface area contributed by atoms with Crippen molar-refractivity contribution in [2.24, 2.45) is 0 Å². The third-order valence-electron chi connectivity index (χ3n) is 5.23. The monoisotopic (exact) mass is 424 g/mol. The van der Waals surface area contributed by atoms with Crippen LogP contribution in [0.5, 0.6) is 5.75 Å². The number of nitrogens with zero attached hydrogens (tertiary/aromatic N) is 1. The van der Waals surface area contributed by atoms with Crippen molar-refractivity contribution in [2.75, 3.05) is 6.61 Å². The van der Waals surface area contributed by atoms with Crippen molar-refractivity contribution in [1.82, 2.24) is 10.2 Å². The Morgan fingerprint density at radius 3 is 2.35 bits per heavy atom. The molecule has 1 N–H and O–H groups in total. The summed E-state index contributed by atoms with van der Waals surface area (Å²) >= 11 is 0. The van der Waals surface area contributed by atoms with Crippen molar-refractivity contribution in [2.45, 2.75) is 73.0 Å². The molecule has 2 amide bonds. The van der Waals surface area contributed by atoms with Crippen LogP contribution < -0.4 is 10.1 Å². The minimum absolute atomic E-state index is 0.116. The summed E-state index contributed by atoms with van der Waals surface area (Å²) in [5.74, 6) is 0.331. The molecule has 0 bridgehead atoms. The van der Waals surface area contributed by atoms with Gasteiger partial charge < -0.3 is 15.0 Å². The quantitative estimate of drug-likeness (QED) is 0.667. The molecule has 0 fully saturated rings. The van der Waals surface area contributed by atoms with Crippen LogP contribution in [-0.2, 0) is 16.1 Å². The number of aryl methyl sites for hydroxylation is 2. The van der Waals surface area contributed by atoms with Crippen LogP contribution in [0.4, 0.5) is 0 Å². The summed E-state index contributed by atoms with van der Waals surface area (Å²) in [6, 6.07) is 13.2. The van der Waals surface area contributed by atoms with Crippen LogP contribution in [0.25, 0.3) is 0 Å². The van der Waals surface area contributed by atoms with Gasteiger partial charge in [-0.05, 0) is 70.7 Å². The van der Waals surface area contributed by atoms with Crippen LogP contribution in [-0.4, -0.2) is 34.9 Å². The third-order valence-corrected chi connectivity index (χ3v) is 5.23. The molecule has 2 rings (SSSR count). The molecule has 5 nitrogen and oxygen atoms in total. The van der Waals surface area contributed by atoms with Crippen molar-refractivity contribution in [3.8, 4) is 5.75 Å². The van der Waals surface area contributed by atoms with Crippen molar-refractivity contribution in [3.05, 3.63) is 64.7 Å². The molecule has 2 aromatic rings. The summed E-state index contributed by atoms with van der Waals surface area (Å²) in [6.45, 7) is 14.0. The van der Waals surface area contributed by atoms with E-state index in [1.807, 2.05) is 90.9 Å². The number of hydrogen-bond donors (Lipinski definition) is 1. The summed E-state index contributed by atoms with van der Waals surface area (Å²) in [6.07, 6.45) is 0.517. The number of amides is 2. The summed E-state index contributed by atoms with van der Waals surface area (Å²) in [7, 11) is 0. The fourth-order valence-electron chi connectivity index (χ4n) is 3.48. The van der Waals surface area contributed by atoms with Gasteiger partial charge in [-0.15, -0.1) is 0 Å². The number of carbonyl (C=O) groups is 2. The molecule has 0 spiro atoms. The Hall–Kier alpha value is -2.82. The zero-order chi connectivity index (χ0) is 23.2. The van der Waals surface area contributed by atoms with E-state index in [9.17, 15) is 9.59 Å². The maximum atomic E-state index is 13.3. The molecule has 5 heteroatoms. The predicted octanol–water partition coefficient (Wildman–Crippen LogP) is 4.71. The highest BCUT2D eigenvalue weighted by atomic mass is 16.5. The molecule has 168 valence electrons. The standard InChI is InChI=1S/C26H36N2O3/c1-8-22(25(30)27-26(5,6)7)28(16-21-13-9-11-18(2)15-21)24(29)17-31-23-14-10-12-19(3)20(23)4/h9-15,22H,8,16-17H2,1-7H3,(H,27,30)/t22-/m0/s1. The lowest BCUT2D eigenvalue weighted by molar-refractivity contribution is -0.143. The lowest BCUT2D eigenvalue weighted by atomic mass is 10.1. The van der Waals surface area contributed by atoms with E-state index in [2.05, 4.69) is 5.32 Å². The van der Waals surface area contributed by atoms with Gasteiger partial charge in [0.1, 0.15) is 11.8 Å². The molecule has 0 saturated heterocycles. The highest BCUT2D eigenvalue weighted by Gasteiger charge is 2.31. The molecule has 0 heterocycles. The van der Waals surface area contributed by atoms with E-state index in [1.54, 1.807) is 4.90 Å². The van der Waals surface area contributed by atoms with Gasteiger partial charge in [0.05, 0.1) is 0 Å². The first-order valence-electron chi connectivity index (χ1n) is 10.9. The predicted molar refractivity (Wildman–Crippen MR) is 125 cm³/mol. The molecule has 0 radical (unpaired) electrons. The molecule has 0 aromatic heterocycles. The zero-order valence-electron chi connectivity index (χ0n) is 19.9. The van der Waals surface area contributed by atoms with Gasteiger partial charge >= 0.3 is 0 Å². The summed E-state index contributed by atoms with van der Waals surface area (Å²) < 4.78 is 5.87. The van der Waals surface area contributed by atoms with Crippen molar-refractivity contribution in [3.63, 3.8) is 0 Å². The van der Waals surface area contributed by atoms with Crippen molar-refractivity contribution < 1.29 is 14.3 Å². The third kappa shape index (κ3) is 7.12. The Balaban J connectivity index is 2.27. The fraction of sp³-hybridized carbons (Fsp3) is 0.462. The van der Waals surface area contributed by atoms with Gasteiger partial charge in [-0.2, -0.15) is 0 Å². The lowest BCUT2D eigenvalue weighted by Crippen LogP contribution is -2.54. The van der Waals surface area contributed by atoms with E-state index < -0.39 is 6.04 Å². The van der Waals surface area contributed by atoms with Gasteiger partial charge in [-0.25, -0.2) is 0 Å². The summed E-state index contributed by atoms with van der Waals surface area (Å²) in [4.78, 5) is 28.0. The average molecular weight is 425 g/mol. The number of ether oxygens (including phenoxy) is 1.